The van der Waals surface area contributed by atoms with Gasteiger partial charge in [-0.15, -0.1) is 0 Å². The molecule has 2 aromatic carbocycles. The topological polar surface area (TPSA) is 24.1 Å². The van der Waals surface area contributed by atoms with Crippen LogP contribution in [0.3, 0.4) is 0 Å². The minimum Gasteiger partial charge on any atom is -0.317 e. The minimum atomic E-state index is 0.413. The molecule has 1 saturated heterocycles. The largest absolute Gasteiger partial charge is 0.317 e. The molecule has 2 fully saturated rings. The van der Waals surface area contributed by atoms with E-state index < -0.39 is 0 Å². The van der Waals surface area contributed by atoms with Crippen LogP contribution in [0.2, 0.25) is 0 Å². The Morgan fingerprint density at radius 1 is 0.917 bits per heavy atom. The summed E-state index contributed by atoms with van der Waals surface area (Å²) in [5.74, 6) is 0.711. The summed E-state index contributed by atoms with van der Waals surface area (Å²) in [5.41, 5.74) is 5.10. The van der Waals surface area contributed by atoms with E-state index in [4.69, 9.17) is 0 Å². The number of benzene rings is 2. The van der Waals surface area contributed by atoms with E-state index >= 15 is 0 Å². The molecule has 124 valence electrons. The maximum atomic E-state index is 4.01. The van der Waals surface area contributed by atoms with Crippen molar-refractivity contribution in [2.45, 2.75) is 49.1 Å². The van der Waals surface area contributed by atoms with Gasteiger partial charge in [-0.2, -0.15) is 0 Å². The Labute approximate surface area is 144 Å². The van der Waals surface area contributed by atoms with Crippen molar-refractivity contribution in [1.29, 1.82) is 0 Å². The molecule has 3 atom stereocenters. The Morgan fingerprint density at radius 3 is 2.50 bits per heavy atom. The van der Waals surface area contributed by atoms with Gasteiger partial charge in [-0.25, -0.2) is 0 Å². The number of nitrogens with one attached hydrogen (secondary N) is 2. The average molecular weight is 318 g/mol. The van der Waals surface area contributed by atoms with Gasteiger partial charge in [0.15, 0.2) is 0 Å². The van der Waals surface area contributed by atoms with E-state index in [2.05, 4.69) is 65.2 Å². The second kappa shape index (κ2) is 5.72. The van der Waals surface area contributed by atoms with E-state index in [1.807, 2.05) is 0 Å². The molecule has 1 unspecified atom stereocenters. The van der Waals surface area contributed by atoms with Crippen molar-refractivity contribution in [2.75, 3.05) is 13.1 Å². The fourth-order valence-electron chi connectivity index (χ4n) is 5.13. The number of rotatable bonds is 3. The molecule has 24 heavy (non-hydrogen) atoms. The maximum Gasteiger partial charge on any atom is 0.0334 e. The highest BCUT2D eigenvalue weighted by Gasteiger charge is 2.47. The van der Waals surface area contributed by atoms with E-state index in [1.165, 1.54) is 31.2 Å². The van der Waals surface area contributed by atoms with Crippen molar-refractivity contribution in [1.82, 2.24) is 10.6 Å². The molecule has 2 aromatic rings. The van der Waals surface area contributed by atoms with Gasteiger partial charge in [-0.1, -0.05) is 54.6 Å². The number of hydrogen-bond donors (Lipinski definition) is 2. The fraction of sp³-hybridized carbons (Fsp3) is 0.455. The van der Waals surface area contributed by atoms with Crippen LogP contribution >= 0.6 is 0 Å². The first kappa shape index (κ1) is 14.7. The van der Waals surface area contributed by atoms with Gasteiger partial charge >= 0.3 is 0 Å². The predicted molar refractivity (Wildman–Crippen MR) is 98.3 cm³/mol. The monoisotopic (exact) mass is 318 g/mol. The molecule has 1 spiro atoms. The second-order valence-electron chi connectivity index (χ2n) is 7.90. The molecule has 0 bridgehead atoms. The van der Waals surface area contributed by atoms with Gasteiger partial charge in [0.05, 0.1) is 0 Å². The van der Waals surface area contributed by atoms with Crippen LogP contribution < -0.4 is 10.6 Å². The molecule has 3 aliphatic rings. The highest BCUT2D eigenvalue weighted by molar-refractivity contribution is 5.43. The first-order chi connectivity index (χ1) is 11.9. The summed E-state index contributed by atoms with van der Waals surface area (Å²) in [5, 5.41) is 7.55. The Kier molecular flexibility index (Phi) is 3.50. The van der Waals surface area contributed by atoms with E-state index in [0.717, 1.165) is 13.1 Å². The zero-order valence-corrected chi connectivity index (χ0v) is 14.2. The van der Waals surface area contributed by atoms with Gasteiger partial charge in [0.1, 0.15) is 0 Å². The van der Waals surface area contributed by atoms with Crippen molar-refractivity contribution in [3.05, 3.63) is 71.3 Å². The molecular formula is C22H26N2. The Morgan fingerprint density at radius 2 is 1.67 bits per heavy atom. The smallest absolute Gasteiger partial charge is 0.0334 e. The van der Waals surface area contributed by atoms with Crippen LogP contribution in [-0.4, -0.2) is 19.1 Å². The normalized spacial score (nSPS) is 30.2. The average Bonchev–Trinajstić information content (AvgIpc) is 3.36. The molecule has 1 saturated carbocycles. The first-order valence-electron chi connectivity index (χ1n) is 9.47. The third-order valence-electron chi connectivity index (χ3n) is 6.50. The predicted octanol–water partition coefficient (Wildman–Crippen LogP) is 3.90. The second-order valence-corrected chi connectivity index (χ2v) is 7.90. The van der Waals surface area contributed by atoms with Crippen molar-refractivity contribution in [3.63, 3.8) is 0 Å². The molecule has 1 heterocycles. The molecular weight excluding hydrogens is 292 g/mol. The van der Waals surface area contributed by atoms with E-state index in [1.54, 1.807) is 11.1 Å². The van der Waals surface area contributed by atoms with Crippen LogP contribution in [0.15, 0.2) is 54.6 Å². The lowest BCUT2D eigenvalue weighted by molar-refractivity contribution is 0.282. The van der Waals surface area contributed by atoms with Crippen LogP contribution in [0.25, 0.3) is 0 Å². The molecule has 2 aliphatic carbocycles. The van der Waals surface area contributed by atoms with Crippen LogP contribution in [0.4, 0.5) is 0 Å². The number of hydrogen-bond acceptors (Lipinski definition) is 2. The first-order valence-corrected chi connectivity index (χ1v) is 9.47. The van der Waals surface area contributed by atoms with Crippen LogP contribution in [0, 0.1) is 0 Å². The molecule has 2 heteroatoms. The van der Waals surface area contributed by atoms with Gasteiger partial charge in [0.25, 0.3) is 0 Å². The summed E-state index contributed by atoms with van der Waals surface area (Å²) in [4.78, 5) is 0. The summed E-state index contributed by atoms with van der Waals surface area (Å²) in [7, 11) is 0. The summed E-state index contributed by atoms with van der Waals surface area (Å²) >= 11 is 0. The minimum absolute atomic E-state index is 0.413. The highest BCUT2D eigenvalue weighted by Crippen LogP contribution is 2.51. The van der Waals surface area contributed by atoms with Gasteiger partial charge in [-0.3, -0.25) is 0 Å². The van der Waals surface area contributed by atoms with Gasteiger partial charge in [0, 0.05) is 18.0 Å². The summed E-state index contributed by atoms with van der Waals surface area (Å²) < 4.78 is 0. The highest BCUT2D eigenvalue weighted by atomic mass is 15.0. The number of fused-ring (bicyclic) bond motifs is 2. The molecule has 1 aliphatic heterocycles. The third kappa shape index (κ3) is 2.40. The summed E-state index contributed by atoms with van der Waals surface area (Å²) in [6.07, 6.45) is 5.15. The quantitative estimate of drug-likeness (QED) is 0.897. The van der Waals surface area contributed by atoms with Crippen LogP contribution in [0.5, 0.6) is 0 Å². The molecule has 0 radical (unpaired) electrons. The standard InChI is InChI=1S/C22H26N2/c1-2-6-16(7-3-1)18-14-20(18)24-21-15-22(10-12-23-13-11-22)19-9-5-4-8-17(19)21/h1-9,18,20-21,23-24H,10-15H2/t18-,20+,21?/m1/s1. The lowest BCUT2D eigenvalue weighted by Crippen LogP contribution is -2.39. The Balaban J connectivity index is 1.36. The fourth-order valence-corrected chi connectivity index (χ4v) is 5.13. The van der Waals surface area contributed by atoms with Gasteiger partial charge in [-0.05, 0) is 60.9 Å². The van der Waals surface area contributed by atoms with Crippen molar-refractivity contribution >= 4 is 0 Å². The summed E-state index contributed by atoms with van der Waals surface area (Å²) in [6, 6.07) is 21.4. The molecule has 0 amide bonds. The number of piperidine rings is 1. The lowest BCUT2D eigenvalue weighted by atomic mass is 9.74. The maximum absolute atomic E-state index is 4.01. The molecule has 2 nitrogen and oxygen atoms in total. The van der Waals surface area contributed by atoms with E-state index in [9.17, 15) is 0 Å². The van der Waals surface area contributed by atoms with Gasteiger partial charge < -0.3 is 10.6 Å². The van der Waals surface area contributed by atoms with E-state index in [-0.39, 0.29) is 0 Å². The third-order valence-corrected chi connectivity index (χ3v) is 6.50. The van der Waals surface area contributed by atoms with Crippen LogP contribution in [-0.2, 0) is 5.41 Å². The zero-order chi connectivity index (χ0) is 16.0. The Hall–Kier alpha value is -1.64. The van der Waals surface area contributed by atoms with E-state index in [0.29, 0.717) is 23.4 Å². The zero-order valence-electron chi connectivity index (χ0n) is 14.2. The van der Waals surface area contributed by atoms with Crippen molar-refractivity contribution < 1.29 is 0 Å². The van der Waals surface area contributed by atoms with Crippen molar-refractivity contribution in [2.24, 2.45) is 0 Å². The van der Waals surface area contributed by atoms with Crippen LogP contribution in [0.1, 0.15) is 54.3 Å². The van der Waals surface area contributed by atoms with Crippen molar-refractivity contribution in [3.8, 4) is 0 Å². The Bertz CT molecular complexity index is 718. The summed E-state index contributed by atoms with van der Waals surface area (Å²) in [6.45, 7) is 2.33. The molecule has 0 aromatic heterocycles. The van der Waals surface area contributed by atoms with Gasteiger partial charge in [0.2, 0.25) is 0 Å². The molecule has 2 N–H and O–H groups in total. The molecule has 5 rings (SSSR count). The SMILES string of the molecule is c1ccc([C@H]2C[C@@H]2NC2CC3(CCNCC3)c3ccccc32)cc1. The lowest BCUT2D eigenvalue weighted by Gasteiger charge is -2.35.